The second-order valence-electron chi connectivity index (χ2n) is 9.92. The molecule has 4 rings (SSSR count). The largest absolute Gasteiger partial charge is 0.444 e. The fourth-order valence-electron chi connectivity index (χ4n) is 4.39. The SMILES string of the molecule is CC(C)(C)OC(=O)N1CCC2(CC1)C[C@H](c1cccc(Oc3ccc(C(F)(F)F)cn3)c1)CO2. The number of pyridine rings is 1. The zero-order valence-electron chi connectivity index (χ0n) is 19.5. The molecule has 0 N–H and O–H groups in total. The van der Waals surface area contributed by atoms with Crippen molar-refractivity contribution in [3.05, 3.63) is 53.7 Å². The highest BCUT2D eigenvalue weighted by molar-refractivity contribution is 5.68. The number of carbonyl (C=O) groups excluding carboxylic acids is 1. The average molecular weight is 479 g/mol. The summed E-state index contributed by atoms with van der Waals surface area (Å²) >= 11 is 0. The van der Waals surface area contributed by atoms with Crippen molar-refractivity contribution in [3.8, 4) is 11.6 Å². The first kappa shape index (κ1) is 24.3. The standard InChI is InChI=1S/C25H29F3N2O4/c1-23(2,3)34-22(31)30-11-9-24(10-12-30)14-18(16-32-24)17-5-4-6-20(13-17)33-21-8-7-19(15-29-21)25(26,27)28/h4-8,13,15,18H,9-12,14,16H2,1-3H3/t18-/m0/s1. The molecule has 184 valence electrons. The van der Waals surface area contributed by atoms with Gasteiger partial charge in [-0.1, -0.05) is 12.1 Å². The number of halogens is 3. The molecular weight excluding hydrogens is 449 g/mol. The van der Waals surface area contributed by atoms with E-state index in [1.165, 1.54) is 6.07 Å². The maximum absolute atomic E-state index is 12.7. The van der Waals surface area contributed by atoms with Crippen LogP contribution in [0.3, 0.4) is 0 Å². The predicted octanol–water partition coefficient (Wildman–Crippen LogP) is 6.17. The van der Waals surface area contributed by atoms with Crippen molar-refractivity contribution in [3.63, 3.8) is 0 Å². The van der Waals surface area contributed by atoms with Crippen molar-refractivity contribution in [2.75, 3.05) is 19.7 Å². The van der Waals surface area contributed by atoms with Gasteiger partial charge in [-0.05, 0) is 63.8 Å². The Hall–Kier alpha value is -2.81. The Bertz CT molecular complexity index is 1010. The minimum absolute atomic E-state index is 0.0961. The van der Waals surface area contributed by atoms with Gasteiger partial charge in [0.25, 0.3) is 0 Å². The van der Waals surface area contributed by atoms with Crippen LogP contribution < -0.4 is 4.74 Å². The highest BCUT2D eigenvalue weighted by Gasteiger charge is 2.44. The number of ether oxygens (including phenoxy) is 3. The van der Waals surface area contributed by atoms with Gasteiger partial charge in [0.05, 0.1) is 17.8 Å². The number of rotatable bonds is 3. The van der Waals surface area contributed by atoms with Crippen LogP contribution in [-0.4, -0.2) is 46.9 Å². The van der Waals surface area contributed by atoms with Gasteiger partial charge in [-0.15, -0.1) is 0 Å². The molecule has 1 aromatic heterocycles. The van der Waals surface area contributed by atoms with E-state index in [-0.39, 0.29) is 23.5 Å². The zero-order valence-corrected chi connectivity index (χ0v) is 19.5. The summed E-state index contributed by atoms with van der Waals surface area (Å²) in [6, 6.07) is 9.63. The first-order chi connectivity index (χ1) is 15.9. The van der Waals surface area contributed by atoms with E-state index < -0.39 is 17.3 Å². The van der Waals surface area contributed by atoms with Gasteiger partial charge < -0.3 is 19.1 Å². The lowest BCUT2D eigenvalue weighted by Gasteiger charge is -2.39. The first-order valence-electron chi connectivity index (χ1n) is 11.4. The zero-order chi connectivity index (χ0) is 24.6. The summed E-state index contributed by atoms with van der Waals surface area (Å²) in [7, 11) is 0. The number of hydrogen-bond acceptors (Lipinski definition) is 5. The third kappa shape index (κ3) is 5.81. The molecule has 0 saturated carbocycles. The third-order valence-corrected chi connectivity index (χ3v) is 6.15. The van der Waals surface area contributed by atoms with Gasteiger partial charge in [0.2, 0.25) is 5.88 Å². The van der Waals surface area contributed by atoms with E-state index >= 15 is 0 Å². The lowest BCUT2D eigenvalue weighted by molar-refractivity contribution is -0.137. The molecule has 0 aliphatic carbocycles. The molecule has 0 bridgehead atoms. The second-order valence-corrected chi connectivity index (χ2v) is 9.92. The van der Waals surface area contributed by atoms with Crippen LogP contribution >= 0.6 is 0 Å². The van der Waals surface area contributed by atoms with E-state index in [9.17, 15) is 18.0 Å². The highest BCUT2D eigenvalue weighted by atomic mass is 19.4. The third-order valence-electron chi connectivity index (χ3n) is 6.15. The van der Waals surface area contributed by atoms with Gasteiger partial charge in [-0.3, -0.25) is 0 Å². The minimum Gasteiger partial charge on any atom is -0.444 e. The molecule has 1 aromatic carbocycles. The van der Waals surface area contributed by atoms with Gasteiger partial charge in [-0.25, -0.2) is 9.78 Å². The predicted molar refractivity (Wildman–Crippen MR) is 119 cm³/mol. The average Bonchev–Trinajstić information content (AvgIpc) is 3.16. The van der Waals surface area contributed by atoms with Gasteiger partial charge >= 0.3 is 12.3 Å². The number of alkyl halides is 3. The number of likely N-dealkylation sites (tertiary alicyclic amines) is 1. The molecule has 34 heavy (non-hydrogen) atoms. The summed E-state index contributed by atoms with van der Waals surface area (Å²) in [6.07, 6.45) is -1.65. The maximum atomic E-state index is 12.7. The molecule has 3 heterocycles. The fraction of sp³-hybridized carbons (Fsp3) is 0.520. The molecule has 2 aromatic rings. The van der Waals surface area contributed by atoms with Crippen LogP contribution in [0.1, 0.15) is 57.1 Å². The molecule has 6 nitrogen and oxygen atoms in total. The van der Waals surface area contributed by atoms with Crippen LogP contribution in [0.4, 0.5) is 18.0 Å². The van der Waals surface area contributed by atoms with E-state index in [4.69, 9.17) is 14.2 Å². The molecule has 2 saturated heterocycles. The Morgan fingerprint density at radius 1 is 1.15 bits per heavy atom. The molecule has 2 fully saturated rings. The van der Waals surface area contributed by atoms with E-state index in [0.29, 0.717) is 25.4 Å². The molecule has 0 unspecified atom stereocenters. The number of nitrogens with zero attached hydrogens (tertiary/aromatic N) is 2. The second kappa shape index (κ2) is 9.09. The molecule has 1 spiro atoms. The molecular formula is C25H29F3N2O4. The van der Waals surface area contributed by atoms with Crippen LogP contribution in [0, 0.1) is 0 Å². The van der Waals surface area contributed by atoms with E-state index in [1.54, 1.807) is 11.0 Å². The summed E-state index contributed by atoms with van der Waals surface area (Å²) in [5, 5.41) is 0. The van der Waals surface area contributed by atoms with Gasteiger partial charge in [0.1, 0.15) is 11.4 Å². The van der Waals surface area contributed by atoms with Crippen molar-refractivity contribution in [2.24, 2.45) is 0 Å². The number of benzene rings is 1. The first-order valence-corrected chi connectivity index (χ1v) is 11.4. The summed E-state index contributed by atoms with van der Waals surface area (Å²) in [6.45, 7) is 7.30. The minimum atomic E-state index is -4.44. The molecule has 9 heteroatoms. The van der Waals surface area contributed by atoms with Gasteiger partial charge in [0, 0.05) is 31.3 Å². The number of amides is 1. The van der Waals surface area contributed by atoms with Crippen molar-refractivity contribution < 1.29 is 32.2 Å². The molecule has 2 aliphatic rings. The van der Waals surface area contributed by atoms with Crippen LogP contribution in [0.25, 0.3) is 0 Å². The molecule has 1 atom stereocenters. The summed E-state index contributed by atoms with van der Waals surface area (Å²) in [4.78, 5) is 17.9. The number of carbonyl (C=O) groups is 1. The highest BCUT2D eigenvalue weighted by Crippen LogP contribution is 2.43. The van der Waals surface area contributed by atoms with E-state index in [2.05, 4.69) is 4.98 Å². The van der Waals surface area contributed by atoms with Gasteiger partial charge in [0.15, 0.2) is 0 Å². The van der Waals surface area contributed by atoms with Crippen LogP contribution in [-0.2, 0) is 15.7 Å². The van der Waals surface area contributed by atoms with E-state index in [1.807, 2.05) is 39.0 Å². The number of hydrogen-bond donors (Lipinski definition) is 0. The normalized spacial score (nSPS) is 20.4. The van der Waals surface area contributed by atoms with Crippen LogP contribution in [0.15, 0.2) is 42.6 Å². The topological polar surface area (TPSA) is 60.9 Å². The Balaban J connectivity index is 1.36. The Morgan fingerprint density at radius 3 is 2.50 bits per heavy atom. The lowest BCUT2D eigenvalue weighted by atomic mass is 9.83. The molecule has 2 aliphatic heterocycles. The van der Waals surface area contributed by atoms with E-state index in [0.717, 1.165) is 37.1 Å². The van der Waals surface area contributed by atoms with Crippen molar-refractivity contribution in [2.45, 2.75) is 63.3 Å². The monoisotopic (exact) mass is 478 g/mol. The van der Waals surface area contributed by atoms with Gasteiger partial charge in [-0.2, -0.15) is 13.2 Å². The van der Waals surface area contributed by atoms with Crippen molar-refractivity contribution in [1.82, 2.24) is 9.88 Å². The smallest absolute Gasteiger partial charge is 0.417 e. The Kier molecular flexibility index (Phi) is 6.50. The summed E-state index contributed by atoms with van der Waals surface area (Å²) < 4.78 is 55.6. The molecule has 0 radical (unpaired) electrons. The van der Waals surface area contributed by atoms with Crippen LogP contribution in [0.5, 0.6) is 11.6 Å². The Labute approximate surface area is 197 Å². The quantitative estimate of drug-likeness (QED) is 0.528. The number of piperidine rings is 1. The molecule has 1 amide bonds. The van der Waals surface area contributed by atoms with Crippen LogP contribution in [0.2, 0.25) is 0 Å². The van der Waals surface area contributed by atoms with Crippen molar-refractivity contribution >= 4 is 6.09 Å². The summed E-state index contributed by atoms with van der Waals surface area (Å²) in [5.41, 5.74) is -0.574. The summed E-state index contributed by atoms with van der Waals surface area (Å²) in [5.74, 6) is 0.765. The maximum Gasteiger partial charge on any atom is 0.417 e. The fourth-order valence-corrected chi connectivity index (χ4v) is 4.39. The number of aromatic nitrogens is 1. The Morgan fingerprint density at radius 2 is 1.88 bits per heavy atom. The lowest BCUT2D eigenvalue weighted by Crippen LogP contribution is -2.47. The van der Waals surface area contributed by atoms with Crippen molar-refractivity contribution in [1.29, 1.82) is 0 Å².